The predicted molar refractivity (Wildman–Crippen MR) is 104 cm³/mol. The molecule has 25 heavy (non-hydrogen) atoms. The number of benzene rings is 2. The SMILES string of the molecule is Cc1[c-]c(C)cc(C)c1.Cc1cc(C)c(C2=NCCCN2)c(C)c1.[Pt]. The van der Waals surface area contributed by atoms with E-state index >= 15 is 0 Å². The van der Waals surface area contributed by atoms with Crippen LogP contribution in [0.2, 0.25) is 0 Å². The Kier molecular flexibility index (Phi) is 8.59. The van der Waals surface area contributed by atoms with E-state index in [0.717, 1.165) is 25.3 Å². The third kappa shape index (κ3) is 6.44. The molecular weight excluding hydrogens is 487 g/mol. The van der Waals surface area contributed by atoms with Crippen LogP contribution < -0.4 is 5.32 Å². The Morgan fingerprint density at radius 2 is 1.36 bits per heavy atom. The number of aliphatic imine (C=N–C) groups is 1. The Morgan fingerprint density at radius 3 is 1.80 bits per heavy atom. The summed E-state index contributed by atoms with van der Waals surface area (Å²) in [5, 5.41) is 3.39. The van der Waals surface area contributed by atoms with Gasteiger partial charge in [0.15, 0.2) is 0 Å². The first kappa shape index (κ1) is 21.6. The molecule has 1 heterocycles. The number of hydrogen-bond acceptors (Lipinski definition) is 2. The molecule has 3 heteroatoms. The number of rotatable bonds is 1. The summed E-state index contributed by atoms with van der Waals surface area (Å²) in [5.41, 5.74) is 9.04. The van der Waals surface area contributed by atoms with Gasteiger partial charge in [0, 0.05) is 39.7 Å². The fourth-order valence-electron chi connectivity index (χ4n) is 3.36. The first-order chi connectivity index (χ1) is 11.4. The number of nitrogens with one attached hydrogen (secondary N) is 1. The van der Waals surface area contributed by atoms with Crippen LogP contribution in [0.4, 0.5) is 0 Å². The third-order valence-electron chi connectivity index (χ3n) is 4.09. The molecule has 0 unspecified atom stereocenters. The molecule has 0 spiro atoms. The summed E-state index contributed by atoms with van der Waals surface area (Å²) in [6.45, 7) is 14.7. The van der Waals surface area contributed by atoms with Crippen molar-refractivity contribution in [2.75, 3.05) is 13.1 Å². The van der Waals surface area contributed by atoms with Gasteiger partial charge < -0.3 is 5.32 Å². The Labute approximate surface area is 167 Å². The maximum Gasteiger partial charge on any atom is 0.128 e. The van der Waals surface area contributed by atoms with Crippen molar-refractivity contribution in [3.63, 3.8) is 0 Å². The van der Waals surface area contributed by atoms with E-state index in [1.165, 1.54) is 38.9 Å². The quantitative estimate of drug-likeness (QED) is 0.543. The largest absolute Gasteiger partial charge is 0.370 e. The van der Waals surface area contributed by atoms with Gasteiger partial charge in [0.1, 0.15) is 5.84 Å². The molecule has 0 aromatic heterocycles. The van der Waals surface area contributed by atoms with Crippen LogP contribution in [0.3, 0.4) is 0 Å². The van der Waals surface area contributed by atoms with Crippen molar-refractivity contribution >= 4 is 5.84 Å². The molecule has 1 N–H and O–H groups in total. The molecule has 0 atom stereocenters. The van der Waals surface area contributed by atoms with Crippen molar-refractivity contribution < 1.29 is 21.1 Å². The van der Waals surface area contributed by atoms with Crippen LogP contribution in [0.15, 0.2) is 29.3 Å². The summed E-state index contributed by atoms with van der Waals surface area (Å²) in [5.74, 6) is 1.08. The van der Waals surface area contributed by atoms with Gasteiger partial charge in [0.05, 0.1) is 0 Å². The second-order valence-corrected chi connectivity index (χ2v) is 6.81. The molecule has 3 rings (SSSR count). The number of aryl methyl sites for hydroxylation is 6. The van der Waals surface area contributed by atoms with Gasteiger partial charge >= 0.3 is 0 Å². The van der Waals surface area contributed by atoms with Gasteiger partial charge in [0.25, 0.3) is 0 Å². The van der Waals surface area contributed by atoms with Crippen LogP contribution in [0.1, 0.15) is 45.4 Å². The van der Waals surface area contributed by atoms with E-state index in [4.69, 9.17) is 0 Å². The first-order valence-electron chi connectivity index (χ1n) is 8.70. The Hall–Kier alpha value is -1.40. The normalized spacial score (nSPS) is 13.0. The van der Waals surface area contributed by atoms with Crippen molar-refractivity contribution in [1.29, 1.82) is 0 Å². The first-order valence-corrected chi connectivity index (χ1v) is 8.70. The van der Waals surface area contributed by atoms with E-state index in [-0.39, 0.29) is 21.1 Å². The molecule has 0 saturated heterocycles. The zero-order chi connectivity index (χ0) is 17.7. The van der Waals surface area contributed by atoms with E-state index in [0.29, 0.717) is 0 Å². The van der Waals surface area contributed by atoms with Gasteiger partial charge in [-0.05, 0) is 38.3 Å². The number of hydrogen-bond donors (Lipinski definition) is 1. The number of amidine groups is 1. The van der Waals surface area contributed by atoms with Gasteiger partial charge in [-0.2, -0.15) is 34.9 Å². The molecule has 0 saturated carbocycles. The maximum atomic E-state index is 4.56. The zero-order valence-corrected chi connectivity index (χ0v) is 18.5. The molecule has 1 aliphatic rings. The summed E-state index contributed by atoms with van der Waals surface area (Å²) in [6, 6.07) is 11.9. The van der Waals surface area contributed by atoms with Crippen molar-refractivity contribution in [2.24, 2.45) is 4.99 Å². The summed E-state index contributed by atoms with van der Waals surface area (Å²) >= 11 is 0. The van der Waals surface area contributed by atoms with Crippen LogP contribution in [0, 0.1) is 47.6 Å². The van der Waals surface area contributed by atoms with E-state index in [9.17, 15) is 0 Å². The molecular formula is C22H29N2Pt-. The average Bonchev–Trinajstić information content (AvgIpc) is 2.46. The molecule has 0 radical (unpaired) electrons. The fourth-order valence-corrected chi connectivity index (χ4v) is 3.36. The standard InChI is InChI=1S/C13H18N2.C9H11.Pt/c1-9-7-10(2)12(11(3)8-9)13-14-5-4-6-15-13;1-7-4-8(2)6-9(3)5-7;/h7-8H,4-6H2,1-3H3,(H,14,15);4-5H,1-3H3;/q;-1;. The molecule has 2 aromatic rings. The van der Waals surface area contributed by atoms with Crippen molar-refractivity contribution in [2.45, 2.75) is 48.0 Å². The summed E-state index contributed by atoms with van der Waals surface area (Å²) < 4.78 is 0. The van der Waals surface area contributed by atoms with Gasteiger partial charge in [-0.1, -0.05) is 38.5 Å². The van der Waals surface area contributed by atoms with Gasteiger partial charge in [0.2, 0.25) is 0 Å². The van der Waals surface area contributed by atoms with Crippen LogP contribution >= 0.6 is 0 Å². The topological polar surface area (TPSA) is 24.4 Å². The molecule has 0 aliphatic carbocycles. The van der Waals surface area contributed by atoms with Gasteiger partial charge in [-0.25, -0.2) is 0 Å². The van der Waals surface area contributed by atoms with E-state index in [2.05, 4.69) is 82.2 Å². The monoisotopic (exact) mass is 516 g/mol. The average molecular weight is 517 g/mol. The molecule has 2 aromatic carbocycles. The summed E-state index contributed by atoms with van der Waals surface area (Å²) in [7, 11) is 0. The predicted octanol–water partition coefficient (Wildman–Crippen LogP) is 4.76. The van der Waals surface area contributed by atoms with E-state index in [1.54, 1.807) is 0 Å². The molecule has 0 fully saturated rings. The minimum atomic E-state index is 0. The summed E-state index contributed by atoms with van der Waals surface area (Å²) in [6.07, 6.45) is 1.15. The smallest absolute Gasteiger partial charge is 0.128 e. The Bertz CT molecular complexity index is 674. The van der Waals surface area contributed by atoms with Crippen LogP contribution in [-0.4, -0.2) is 18.9 Å². The van der Waals surface area contributed by atoms with Crippen LogP contribution in [0.25, 0.3) is 0 Å². The number of nitrogens with zero attached hydrogens (tertiary/aromatic N) is 1. The molecule has 0 bridgehead atoms. The second-order valence-electron chi connectivity index (χ2n) is 6.81. The Balaban J connectivity index is 0.000000270. The van der Waals surface area contributed by atoms with Crippen molar-refractivity contribution in [1.82, 2.24) is 5.32 Å². The van der Waals surface area contributed by atoms with Crippen LogP contribution in [0.5, 0.6) is 0 Å². The third-order valence-corrected chi connectivity index (χ3v) is 4.09. The second kappa shape index (κ2) is 9.92. The maximum absolute atomic E-state index is 4.56. The summed E-state index contributed by atoms with van der Waals surface area (Å²) in [4.78, 5) is 4.56. The molecule has 1 aliphatic heterocycles. The zero-order valence-electron chi connectivity index (χ0n) is 16.2. The molecule has 0 amide bonds. The minimum Gasteiger partial charge on any atom is -0.370 e. The molecule has 2 nitrogen and oxygen atoms in total. The van der Waals surface area contributed by atoms with Crippen LogP contribution in [-0.2, 0) is 21.1 Å². The molecule has 138 valence electrons. The van der Waals surface area contributed by atoms with E-state index in [1.807, 2.05) is 0 Å². The van der Waals surface area contributed by atoms with E-state index < -0.39 is 0 Å². The van der Waals surface area contributed by atoms with Gasteiger partial charge in [-0.15, -0.1) is 0 Å². The van der Waals surface area contributed by atoms with Crippen molar-refractivity contribution in [3.8, 4) is 0 Å². The van der Waals surface area contributed by atoms with Gasteiger partial charge in [-0.3, -0.25) is 4.99 Å². The Morgan fingerprint density at radius 1 is 0.840 bits per heavy atom. The minimum absolute atomic E-state index is 0. The van der Waals surface area contributed by atoms with Crippen molar-refractivity contribution in [3.05, 3.63) is 69.3 Å². The fraction of sp³-hybridized carbons (Fsp3) is 0.409.